The number of rotatable bonds is 5. The van der Waals surface area contributed by atoms with Gasteiger partial charge in [-0.1, -0.05) is 12.1 Å². The monoisotopic (exact) mass is 724 g/mol. The van der Waals surface area contributed by atoms with Crippen molar-refractivity contribution in [3.63, 3.8) is 0 Å². The number of benzene rings is 4. The predicted octanol–water partition coefficient (Wildman–Crippen LogP) is 1.85. The van der Waals surface area contributed by atoms with E-state index in [1.54, 1.807) is 0 Å². The largest absolute Gasteiger partial charge is 0.508 e. The first-order valence-electron chi connectivity index (χ1n) is 16.2. The van der Waals surface area contributed by atoms with E-state index in [-0.39, 0.29) is 45.7 Å². The van der Waals surface area contributed by atoms with E-state index in [0.29, 0.717) is 0 Å². The van der Waals surface area contributed by atoms with Gasteiger partial charge in [0.25, 0.3) is 0 Å². The molecule has 1 saturated heterocycles. The third-order valence-corrected chi connectivity index (χ3v) is 9.75. The molecule has 3 aliphatic heterocycles. The lowest BCUT2D eigenvalue weighted by molar-refractivity contribution is -0.312. The molecule has 0 bridgehead atoms. The van der Waals surface area contributed by atoms with Crippen LogP contribution in [0.1, 0.15) is 52.9 Å². The maximum absolute atomic E-state index is 11.7. The Labute approximate surface area is 294 Å². The lowest BCUT2D eigenvalue weighted by Crippen LogP contribution is -2.58. The fourth-order valence-corrected chi connectivity index (χ4v) is 7.12. The second kappa shape index (κ2) is 13.0. The average Bonchev–Trinajstić information content (AvgIpc) is 3.09. The lowest BCUT2D eigenvalue weighted by Gasteiger charge is -2.45. The molecule has 1 fully saturated rings. The van der Waals surface area contributed by atoms with E-state index in [1.165, 1.54) is 25.1 Å². The van der Waals surface area contributed by atoms with Gasteiger partial charge in [-0.05, 0) is 42.3 Å². The Bertz CT molecular complexity index is 2020. The SMILES string of the molecule is C[C@@H]1O[C@@H](O[C@H]2[C@H](c3c(O)cc(O)c4c3O[C@H](c3ccc(O)c(O)c3)[C@@H](O)C4)c3c(O)cc(O)cc3O[C@@H]2c2ccc(O)c(O)c2)[C@H](O)[C@H](O)[C@@H]1O. The Morgan fingerprint density at radius 3 is 1.85 bits per heavy atom. The lowest BCUT2D eigenvalue weighted by atomic mass is 9.77. The van der Waals surface area contributed by atoms with Crippen LogP contribution in [0.5, 0.6) is 57.5 Å². The predicted molar refractivity (Wildman–Crippen MR) is 175 cm³/mol. The van der Waals surface area contributed by atoms with Gasteiger partial charge in [0.15, 0.2) is 35.4 Å². The molecule has 4 aromatic rings. The van der Waals surface area contributed by atoms with E-state index < -0.39 is 107 Å². The third kappa shape index (κ3) is 5.84. The molecular formula is C36H36O16. The number of aliphatic hydroxyl groups excluding tert-OH is 4. The van der Waals surface area contributed by atoms with Crippen LogP contribution < -0.4 is 9.47 Å². The number of hydrogen-bond donors (Lipinski definition) is 12. The first-order chi connectivity index (χ1) is 24.6. The third-order valence-electron chi connectivity index (χ3n) is 9.75. The summed E-state index contributed by atoms with van der Waals surface area (Å²) in [6.07, 6.45) is -13.6. The highest BCUT2D eigenvalue weighted by atomic mass is 16.7. The number of aromatic hydroxyl groups is 8. The Kier molecular flexibility index (Phi) is 8.77. The molecule has 0 aliphatic carbocycles. The first kappa shape index (κ1) is 35.1. The van der Waals surface area contributed by atoms with Gasteiger partial charge in [0.2, 0.25) is 0 Å². The highest BCUT2D eigenvalue weighted by Crippen LogP contribution is 2.58. The average molecular weight is 725 g/mol. The van der Waals surface area contributed by atoms with E-state index in [1.807, 2.05) is 0 Å². The van der Waals surface area contributed by atoms with Crippen LogP contribution in [-0.2, 0) is 15.9 Å². The van der Waals surface area contributed by atoms with E-state index in [4.69, 9.17) is 18.9 Å². The smallest absolute Gasteiger partial charge is 0.187 e. The van der Waals surface area contributed by atoms with E-state index >= 15 is 0 Å². The van der Waals surface area contributed by atoms with Crippen molar-refractivity contribution in [3.05, 3.63) is 82.4 Å². The molecule has 0 unspecified atom stereocenters. The van der Waals surface area contributed by atoms with Crippen molar-refractivity contribution in [2.45, 2.75) is 74.4 Å². The number of fused-ring (bicyclic) bond motifs is 2. The van der Waals surface area contributed by atoms with Crippen molar-refractivity contribution < 1.29 is 80.2 Å². The molecule has 0 radical (unpaired) electrons. The van der Waals surface area contributed by atoms with E-state index in [9.17, 15) is 61.3 Å². The van der Waals surface area contributed by atoms with Crippen LogP contribution in [0.25, 0.3) is 0 Å². The van der Waals surface area contributed by atoms with Crippen LogP contribution in [-0.4, -0.2) is 104 Å². The van der Waals surface area contributed by atoms with Crippen molar-refractivity contribution in [2.75, 3.05) is 0 Å². The molecule has 16 nitrogen and oxygen atoms in total. The van der Waals surface area contributed by atoms with Gasteiger partial charge in [0, 0.05) is 41.3 Å². The molecule has 3 aliphatic rings. The number of phenols is 8. The maximum atomic E-state index is 11.7. The molecule has 3 heterocycles. The van der Waals surface area contributed by atoms with Crippen LogP contribution in [0.4, 0.5) is 0 Å². The number of hydrogen-bond acceptors (Lipinski definition) is 16. The maximum Gasteiger partial charge on any atom is 0.187 e. The summed E-state index contributed by atoms with van der Waals surface area (Å²) in [5.41, 5.74) is 0.101. The quantitative estimate of drug-likeness (QED) is 0.131. The van der Waals surface area contributed by atoms with Crippen molar-refractivity contribution in [1.82, 2.24) is 0 Å². The summed E-state index contributed by atoms with van der Waals surface area (Å²) in [4.78, 5) is 0. The Balaban J connectivity index is 1.46. The van der Waals surface area contributed by atoms with Crippen LogP contribution in [0.2, 0.25) is 0 Å². The minimum Gasteiger partial charge on any atom is -0.508 e. The van der Waals surface area contributed by atoms with Gasteiger partial charge in [-0.3, -0.25) is 0 Å². The molecule has 0 spiro atoms. The second-order valence-electron chi connectivity index (χ2n) is 13.1. The minimum atomic E-state index is -1.85. The van der Waals surface area contributed by atoms with Gasteiger partial charge in [-0.15, -0.1) is 0 Å². The van der Waals surface area contributed by atoms with Crippen LogP contribution in [0.15, 0.2) is 54.6 Å². The van der Waals surface area contributed by atoms with Crippen LogP contribution >= 0.6 is 0 Å². The fourth-order valence-electron chi connectivity index (χ4n) is 7.12. The molecule has 52 heavy (non-hydrogen) atoms. The molecule has 0 aromatic heterocycles. The summed E-state index contributed by atoms with van der Waals surface area (Å²) in [5, 5.41) is 128. The van der Waals surface area contributed by atoms with Gasteiger partial charge in [0.1, 0.15) is 65.0 Å². The van der Waals surface area contributed by atoms with Crippen molar-refractivity contribution in [1.29, 1.82) is 0 Å². The molecule has 276 valence electrons. The van der Waals surface area contributed by atoms with Crippen LogP contribution in [0, 0.1) is 0 Å². The Morgan fingerprint density at radius 1 is 0.596 bits per heavy atom. The van der Waals surface area contributed by atoms with Gasteiger partial charge >= 0.3 is 0 Å². The highest BCUT2D eigenvalue weighted by Gasteiger charge is 2.51. The molecule has 0 amide bonds. The Morgan fingerprint density at radius 2 is 1.21 bits per heavy atom. The summed E-state index contributed by atoms with van der Waals surface area (Å²) in [5.74, 6) is -5.86. The molecule has 12 N–H and O–H groups in total. The zero-order valence-electron chi connectivity index (χ0n) is 27.2. The van der Waals surface area contributed by atoms with E-state index in [0.717, 1.165) is 36.4 Å². The summed E-state index contributed by atoms with van der Waals surface area (Å²) >= 11 is 0. The second-order valence-corrected chi connectivity index (χ2v) is 13.1. The normalized spacial score (nSPS) is 29.7. The zero-order valence-corrected chi connectivity index (χ0v) is 27.2. The van der Waals surface area contributed by atoms with Gasteiger partial charge in [-0.25, -0.2) is 0 Å². The Hall–Kier alpha value is -5.36. The van der Waals surface area contributed by atoms with Crippen molar-refractivity contribution in [2.24, 2.45) is 0 Å². The number of ether oxygens (including phenoxy) is 4. The highest BCUT2D eigenvalue weighted by molar-refractivity contribution is 5.66. The molecule has 7 rings (SSSR count). The number of phenolic OH excluding ortho intramolecular Hbond substituents is 8. The minimum absolute atomic E-state index is 0.0181. The molecule has 10 atom stereocenters. The molecule has 4 aromatic carbocycles. The van der Waals surface area contributed by atoms with Crippen molar-refractivity contribution >= 4 is 0 Å². The first-order valence-corrected chi connectivity index (χ1v) is 16.2. The standard InChI is InChI=1S/C36H36O16/c1-12-29(46)30(47)31(48)36(49-12)52-35-28(26-22(43)8-15(37)9-25(26)50-33(35)14-3-5-18(39)21(42)7-14)27-23(44)11-19(40)16-10-24(45)32(51-34(16)27)13-2-4-17(38)20(41)6-13/h2-9,11-12,24,28-33,35-48H,10H2,1H3/t12-,24-,28-,29+,30+,31+,32+,33+,35-,36-/m0/s1. The fraction of sp³-hybridized carbons (Fsp3) is 0.333. The summed E-state index contributed by atoms with van der Waals surface area (Å²) in [6.45, 7) is 1.42. The van der Waals surface area contributed by atoms with Gasteiger partial charge in [-0.2, -0.15) is 0 Å². The van der Waals surface area contributed by atoms with Gasteiger partial charge in [0.05, 0.1) is 18.1 Å². The summed E-state index contributed by atoms with van der Waals surface area (Å²) < 4.78 is 24.8. The zero-order chi connectivity index (χ0) is 37.3. The number of aliphatic hydroxyl groups is 4. The van der Waals surface area contributed by atoms with Crippen molar-refractivity contribution in [3.8, 4) is 57.5 Å². The van der Waals surface area contributed by atoms with Crippen LogP contribution in [0.3, 0.4) is 0 Å². The van der Waals surface area contributed by atoms with E-state index in [2.05, 4.69) is 0 Å². The summed E-state index contributed by atoms with van der Waals surface area (Å²) in [7, 11) is 0. The van der Waals surface area contributed by atoms with Gasteiger partial charge < -0.3 is 80.2 Å². The summed E-state index contributed by atoms with van der Waals surface area (Å²) in [6, 6.07) is 10.5. The topological polar surface area (TPSA) is 280 Å². The molecule has 16 heteroatoms. The molecule has 0 saturated carbocycles. The molecular weight excluding hydrogens is 688 g/mol.